The number of pyridine rings is 1. The minimum absolute atomic E-state index is 0.332. The molecule has 7 heteroatoms. The molecule has 0 spiro atoms. The van der Waals surface area contributed by atoms with Crippen molar-refractivity contribution in [2.45, 2.75) is 44.1 Å². The second-order valence-corrected chi connectivity index (χ2v) is 8.78. The predicted molar refractivity (Wildman–Crippen MR) is 109 cm³/mol. The topological polar surface area (TPSA) is 71.5 Å². The van der Waals surface area contributed by atoms with E-state index in [0.717, 1.165) is 30.5 Å². The first kappa shape index (κ1) is 20.5. The molecule has 0 radical (unpaired) electrons. The highest BCUT2D eigenvalue weighted by molar-refractivity contribution is 7.89. The Morgan fingerprint density at radius 3 is 2.64 bits per heavy atom. The van der Waals surface area contributed by atoms with E-state index < -0.39 is 10.0 Å². The summed E-state index contributed by atoms with van der Waals surface area (Å²) in [4.78, 5) is 9.88. The summed E-state index contributed by atoms with van der Waals surface area (Å²) in [6.45, 7) is 3.31. The van der Waals surface area contributed by atoms with E-state index >= 15 is 0 Å². The van der Waals surface area contributed by atoms with Crippen LogP contribution in [0, 0.1) is 0 Å². The lowest BCUT2D eigenvalue weighted by molar-refractivity contribution is 0.0451. The molecule has 0 aliphatic carbocycles. The monoisotopic (exact) mass is 401 g/mol. The number of unbranched alkanes of at least 4 members (excludes halogenated alkanes) is 1. The SMILES string of the molecule is CCCCc1ccc(S(=O)(=O)N2CC=C(NOCc3cccnc3)CC2)cc1. The Labute approximate surface area is 167 Å². The molecule has 0 saturated carbocycles. The van der Waals surface area contributed by atoms with E-state index in [9.17, 15) is 8.42 Å². The molecule has 150 valence electrons. The van der Waals surface area contributed by atoms with E-state index in [2.05, 4.69) is 17.4 Å². The van der Waals surface area contributed by atoms with Crippen LogP contribution >= 0.6 is 0 Å². The third-order valence-electron chi connectivity index (χ3n) is 4.72. The van der Waals surface area contributed by atoms with Crippen LogP contribution in [0.3, 0.4) is 0 Å². The van der Waals surface area contributed by atoms with Crippen molar-refractivity contribution < 1.29 is 13.3 Å². The average molecular weight is 402 g/mol. The lowest BCUT2D eigenvalue weighted by atomic mass is 10.1. The minimum Gasteiger partial charge on any atom is -0.272 e. The van der Waals surface area contributed by atoms with Crippen LogP contribution in [-0.4, -0.2) is 30.8 Å². The Morgan fingerprint density at radius 1 is 1.18 bits per heavy atom. The molecule has 0 saturated heterocycles. The zero-order valence-electron chi connectivity index (χ0n) is 16.2. The van der Waals surface area contributed by atoms with Crippen LogP contribution in [0.25, 0.3) is 0 Å². The van der Waals surface area contributed by atoms with Crippen molar-refractivity contribution >= 4 is 10.0 Å². The number of sulfonamides is 1. The van der Waals surface area contributed by atoms with Gasteiger partial charge in [0.15, 0.2) is 0 Å². The molecule has 1 aromatic carbocycles. The van der Waals surface area contributed by atoms with E-state index in [1.807, 2.05) is 30.3 Å². The molecule has 1 N–H and O–H groups in total. The fourth-order valence-electron chi connectivity index (χ4n) is 3.02. The fraction of sp³-hybridized carbons (Fsp3) is 0.381. The predicted octanol–water partition coefficient (Wildman–Crippen LogP) is 3.42. The maximum atomic E-state index is 12.9. The zero-order chi connectivity index (χ0) is 19.8. The number of aryl methyl sites for hydroxylation is 1. The number of hydrogen-bond donors (Lipinski definition) is 1. The lowest BCUT2D eigenvalue weighted by Gasteiger charge is -2.26. The molecule has 1 aliphatic rings. The van der Waals surface area contributed by atoms with Gasteiger partial charge in [0.05, 0.1) is 4.90 Å². The van der Waals surface area contributed by atoms with Crippen molar-refractivity contribution in [3.05, 3.63) is 71.7 Å². The number of benzene rings is 1. The highest BCUT2D eigenvalue weighted by Crippen LogP contribution is 2.21. The van der Waals surface area contributed by atoms with E-state index in [-0.39, 0.29) is 0 Å². The summed E-state index contributed by atoms with van der Waals surface area (Å²) in [6.07, 6.45) is 9.13. The Morgan fingerprint density at radius 2 is 2.00 bits per heavy atom. The largest absolute Gasteiger partial charge is 0.272 e. The molecule has 0 fully saturated rings. The molecule has 0 atom stereocenters. The summed E-state index contributed by atoms with van der Waals surface area (Å²) in [5.74, 6) is 0. The minimum atomic E-state index is -3.47. The maximum absolute atomic E-state index is 12.9. The van der Waals surface area contributed by atoms with Crippen molar-refractivity contribution in [3.8, 4) is 0 Å². The molecule has 1 aromatic heterocycles. The van der Waals surface area contributed by atoms with Gasteiger partial charge < -0.3 is 0 Å². The van der Waals surface area contributed by atoms with Gasteiger partial charge in [-0.15, -0.1) is 0 Å². The van der Waals surface area contributed by atoms with Crippen LogP contribution in [0.1, 0.15) is 37.3 Å². The number of rotatable bonds is 9. The molecule has 28 heavy (non-hydrogen) atoms. The Bertz CT molecular complexity index is 881. The number of hydroxylamine groups is 1. The molecule has 0 unspecified atom stereocenters. The maximum Gasteiger partial charge on any atom is 0.243 e. The number of hydrogen-bond acceptors (Lipinski definition) is 5. The van der Waals surface area contributed by atoms with Gasteiger partial charge in [-0.25, -0.2) is 8.42 Å². The first-order valence-electron chi connectivity index (χ1n) is 9.64. The normalized spacial score (nSPS) is 15.2. The van der Waals surface area contributed by atoms with E-state index in [1.54, 1.807) is 24.5 Å². The fourth-order valence-corrected chi connectivity index (χ4v) is 4.40. The van der Waals surface area contributed by atoms with Crippen molar-refractivity contribution in [2.24, 2.45) is 0 Å². The van der Waals surface area contributed by atoms with Crippen LogP contribution in [0.5, 0.6) is 0 Å². The van der Waals surface area contributed by atoms with E-state index in [1.165, 1.54) is 9.87 Å². The molecule has 6 nitrogen and oxygen atoms in total. The first-order valence-corrected chi connectivity index (χ1v) is 11.1. The summed E-state index contributed by atoms with van der Waals surface area (Å²) in [6, 6.07) is 11.1. The molecule has 3 rings (SSSR count). The molecule has 2 heterocycles. The van der Waals surface area contributed by atoms with Crippen LogP contribution in [-0.2, 0) is 27.9 Å². The van der Waals surface area contributed by atoms with Gasteiger partial charge in [-0.1, -0.05) is 31.5 Å². The highest BCUT2D eigenvalue weighted by atomic mass is 32.2. The number of aromatic nitrogens is 1. The Balaban J connectivity index is 1.53. The summed E-state index contributed by atoms with van der Waals surface area (Å²) in [5, 5.41) is 0. The summed E-state index contributed by atoms with van der Waals surface area (Å²) < 4.78 is 27.2. The zero-order valence-corrected chi connectivity index (χ0v) is 17.0. The second-order valence-electron chi connectivity index (χ2n) is 6.84. The van der Waals surface area contributed by atoms with Crippen LogP contribution in [0.15, 0.2) is 65.5 Å². The summed E-state index contributed by atoms with van der Waals surface area (Å²) >= 11 is 0. The van der Waals surface area contributed by atoms with Gasteiger partial charge >= 0.3 is 0 Å². The third kappa shape index (κ3) is 5.41. The van der Waals surface area contributed by atoms with Gasteiger partial charge in [-0.05, 0) is 48.2 Å². The average Bonchev–Trinajstić information content (AvgIpc) is 2.74. The van der Waals surface area contributed by atoms with Gasteiger partial charge in [0.25, 0.3) is 0 Å². The van der Waals surface area contributed by atoms with Crippen molar-refractivity contribution in [3.63, 3.8) is 0 Å². The van der Waals surface area contributed by atoms with Crippen LogP contribution in [0.2, 0.25) is 0 Å². The Hall–Kier alpha value is -2.22. The molecular weight excluding hydrogens is 374 g/mol. The molecule has 1 aliphatic heterocycles. The first-order chi connectivity index (χ1) is 13.6. The smallest absolute Gasteiger partial charge is 0.243 e. The standard InChI is InChI=1S/C21H27N3O3S/c1-2-3-5-18-7-9-21(10-8-18)28(25,26)24-14-11-20(12-15-24)23-27-17-19-6-4-13-22-16-19/h4,6-11,13,16,23H,2-3,5,12,14-15,17H2,1H3. The van der Waals surface area contributed by atoms with Crippen molar-refractivity contribution in [1.82, 2.24) is 14.8 Å². The Kier molecular flexibility index (Phi) is 7.19. The molecule has 0 amide bonds. The third-order valence-corrected chi connectivity index (χ3v) is 6.60. The van der Waals surface area contributed by atoms with Crippen LogP contribution in [0.4, 0.5) is 0 Å². The number of nitrogens with one attached hydrogen (secondary N) is 1. The molecule has 2 aromatic rings. The van der Waals surface area contributed by atoms with Crippen LogP contribution < -0.4 is 5.48 Å². The van der Waals surface area contributed by atoms with Gasteiger partial charge in [0.1, 0.15) is 6.61 Å². The van der Waals surface area contributed by atoms with Gasteiger partial charge in [0, 0.05) is 37.6 Å². The molecular formula is C21H27N3O3S. The van der Waals surface area contributed by atoms with Gasteiger partial charge in [0.2, 0.25) is 10.0 Å². The van der Waals surface area contributed by atoms with E-state index in [4.69, 9.17) is 4.84 Å². The second kappa shape index (κ2) is 9.82. The van der Waals surface area contributed by atoms with Gasteiger partial charge in [-0.3, -0.25) is 15.3 Å². The summed E-state index contributed by atoms with van der Waals surface area (Å²) in [7, 11) is -3.47. The number of nitrogens with zero attached hydrogens (tertiary/aromatic N) is 2. The van der Waals surface area contributed by atoms with Crippen molar-refractivity contribution in [1.29, 1.82) is 0 Å². The summed E-state index contributed by atoms with van der Waals surface area (Å²) in [5.41, 5.74) is 5.96. The van der Waals surface area contributed by atoms with E-state index in [0.29, 0.717) is 31.0 Å². The van der Waals surface area contributed by atoms with Gasteiger partial charge in [-0.2, -0.15) is 4.31 Å². The lowest BCUT2D eigenvalue weighted by Crippen LogP contribution is -2.36. The van der Waals surface area contributed by atoms with Crippen molar-refractivity contribution in [2.75, 3.05) is 13.1 Å². The molecule has 0 bridgehead atoms. The highest BCUT2D eigenvalue weighted by Gasteiger charge is 2.26. The quantitative estimate of drug-likeness (QED) is 0.652.